The number of hydrogen-bond acceptors (Lipinski definition) is 6. The summed E-state index contributed by atoms with van der Waals surface area (Å²) in [5, 5.41) is 11.1. The van der Waals surface area contributed by atoms with E-state index in [2.05, 4.69) is 9.97 Å². The van der Waals surface area contributed by atoms with E-state index in [1.54, 1.807) is 31.4 Å². The Balaban J connectivity index is 2.62. The van der Waals surface area contributed by atoms with Gasteiger partial charge in [0.1, 0.15) is 11.4 Å². The van der Waals surface area contributed by atoms with E-state index in [-0.39, 0.29) is 23.0 Å². The van der Waals surface area contributed by atoms with Crippen molar-refractivity contribution >= 4 is 11.6 Å². The van der Waals surface area contributed by atoms with Gasteiger partial charge in [0, 0.05) is 5.56 Å². The molecule has 7 nitrogen and oxygen atoms in total. The number of nitro groups is 1. The maximum atomic E-state index is 11.1. The zero-order chi connectivity index (χ0) is 14.0. The molecule has 1 heterocycles. The Morgan fingerprint density at radius 1 is 1.26 bits per heavy atom. The van der Waals surface area contributed by atoms with E-state index in [9.17, 15) is 10.1 Å². The van der Waals surface area contributed by atoms with E-state index in [0.29, 0.717) is 11.3 Å². The fourth-order valence-corrected chi connectivity index (χ4v) is 1.76. The lowest BCUT2D eigenvalue weighted by Gasteiger charge is -2.06. The van der Waals surface area contributed by atoms with Crippen molar-refractivity contribution in [3.8, 4) is 17.0 Å². The van der Waals surface area contributed by atoms with Crippen LogP contribution >= 0.6 is 0 Å². The predicted molar refractivity (Wildman–Crippen MR) is 69.8 cm³/mol. The highest BCUT2D eigenvalue weighted by Gasteiger charge is 2.22. The average Bonchev–Trinajstić information content (AvgIpc) is 2.37. The molecule has 1 aromatic carbocycles. The molecule has 0 spiro atoms. The van der Waals surface area contributed by atoms with Gasteiger partial charge in [-0.25, -0.2) is 9.97 Å². The van der Waals surface area contributed by atoms with Gasteiger partial charge in [-0.1, -0.05) is 0 Å². The molecule has 0 radical (unpaired) electrons. The Morgan fingerprint density at radius 3 is 2.42 bits per heavy atom. The molecule has 19 heavy (non-hydrogen) atoms. The molecule has 0 amide bonds. The third-order valence-corrected chi connectivity index (χ3v) is 2.62. The van der Waals surface area contributed by atoms with Crippen LogP contribution in [0.5, 0.6) is 5.75 Å². The molecule has 0 unspecified atom stereocenters. The van der Waals surface area contributed by atoms with Crippen molar-refractivity contribution < 1.29 is 9.66 Å². The van der Waals surface area contributed by atoms with E-state index in [1.165, 1.54) is 6.92 Å². The topological polar surface area (TPSA) is 104 Å². The van der Waals surface area contributed by atoms with Crippen molar-refractivity contribution in [3.05, 3.63) is 40.1 Å². The molecule has 0 bridgehead atoms. The summed E-state index contributed by atoms with van der Waals surface area (Å²) in [6.07, 6.45) is 0. The molecule has 0 saturated heterocycles. The van der Waals surface area contributed by atoms with Gasteiger partial charge in [-0.2, -0.15) is 0 Å². The number of anilines is 1. The van der Waals surface area contributed by atoms with Crippen LogP contribution < -0.4 is 10.5 Å². The van der Waals surface area contributed by atoms with E-state index in [1.807, 2.05) is 0 Å². The first-order chi connectivity index (χ1) is 9.02. The number of aromatic nitrogens is 2. The van der Waals surface area contributed by atoms with Crippen LogP contribution in [0.15, 0.2) is 24.3 Å². The van der Waals surface area contributed by atoms with E-state index in [4.69, 9.17) is 10.5 Å². The Morgan fingerprint density at radius 2 is 1.89 bits per heavy atom. The molecule has 0 atom stereocenters. The van der Waals surface area contributed by atoms with Gasteiger partial charge in [0.2, 0.25) is 5.95 Å². The lowest BCUT2D eigenvalue weighted by molar-refractivity contribution is -0.385. The van der Waals surface area contributed by atoms with Gasteiger partial charge in [0.25, 0.3) is 0 Å². The second-order valence-corrected chi connectivity index (χ2v) is 3.85. The number of methoxy groups -OCH3 is 1. The van der Waals surface area contributed by atoms with E-state index < -0.39 is 4.92 Å². The highest BCUT2D eigenvalue weighted by atomic mass is 16.6. The number of nitrogens with zero attached hydrogens (tertiary/aromatic N) is 3. The number of hydrogen-bond donors (Lipinski definition) is 1. The van der Waals surface area contributed by atoms with Gasteiger partial charge in [0.05, 0.1) is 12.0 Å². The minimum Gasteiger partial charge on any atom is -0.497 e. The highest BCUT2D eigenvalue weighted by Crippen LogP contribution is 2.31. The van der Waals surface area contributed by atoms with Crippen LogP contribution in [-0.2, 0) is 0 Å². The molecule has 7 heteroatoms. The van der Waals surface area contributed by atoms with Crippen molar-refractivity contribution in [3.63, 3.8) is 0 Å². The summed E-state index contributed by atoms with van der Waals surface area (Å²) < 4.78 is 5.04. The molecule has 0 saturated carbocycles. The second-order valence-electron chi connectivity index (χ2n) is 3.85. The molecule has 0 aliphatic carbocycles. The number of rotatable bonds is 3. The Kier molecular flexibility index (Phi) is 3.28. The standard InChI is InChI=1S/C12H12N4O3/c1-7-11(16(17)18)10(15-12(13)14-7)8-3-5-9(19-2)6-4-8/h3-6H,1-2H3,(H2,13,14,15). The fourth-order valence-electron chi connectivity index (χ4n) is 1.76. The molecule has 2 N–H and O–H groups in total. The van der Waals surface area contributed by atoms with Crippen molar-refractivity contribution in [1.29, 1.82) is 0 Å². The zero-order valence-electron chi connectivity index (χ0n) is 10.5. The van der Waals surface area contributed by atoms with Gasteiger partial charge in [-0.3, -0.25) is 10.1 Å². The Bertz CT molecular complexity index is 626. The number of nitrogen functional groups attached to an aromatic ring is 1. The van der Waals surface area contributed by atoms with Crippen molar-refractivity contribution in [1.82, 2.24) is 9.97 Å². The van der Waals surface area contributed by atoms with Crippen LogP contribution in [0, 0.1) is 17.0 Å². The minimum absolute atomic E-state index is 0.00826. The Hall–Kier alpha value is -2.70. The number of nitrogens with two attached hydrogens (primary N) is 1. The smallest absolute Gasteiger partial charge is 0.316 e. The Labute approximate surface area is 109 Å². The summed E-state index contributed by atoms with van der Waals surface area (Å²) in [6, 6.07) is 6.78. The molecule has 98 valence electrons. The summed E-state index contributed by atoms with van der Waals surface area (Å²) in [4.78, 5) is 18.4. The average molecular weight is 260 g/mol. The third-order valence-electron chi connectivity index (χ3n) is 2.62. The van der Waals surface area contributed by atoms with Gasteiger partial charge < -0.3 is 10.5 Å². The molecule has 1 aromatic heterocycles. The summed E-state index contributed by atoms with van der Waals surface area (Å²) in [5.74, 6) is 0.666. The van der Waals surface area contributed by atoms with Gasteiger partial charge in [-0.05, 0) is 31.2 Å². The summed E-state index contributed by atoms with van der Waals surface area (Å²) in [5.41, 5.74) is 6.45. The molecular weight excluding hydrogens is 248 g/mol. The molecule has 0 aliphatic rings. The van der Waals surface area contributed by atoms with E-state index >= 15 is 0 Å². The first kappa shape index (κ1) is 12.7. The number of benzene rings is 1. The van der Waals surface area contributed by atoms with Gasteiger partial charge in [0.15, 0.2) is 5.69 Å². The molecule has 0 aliphatic heterocycles. The van der Waals surface area contributed by atoms with E-state index in [0.717, 1.165) is 0 Å². The SMILES string of the molecule is COc1ccc(-c2nc(N)nc(C)c2[N+](=O)[O-])cc1. The first-order valence-electron chi connectivity index (χ1n) is 5.46. The lowest BCUT2D eigenvalue weighted by Crippen LogP contribution is -2.04. The lowest BCUT2D eigenvalue weighted by atomic mass is 10.1. The zero-order valence-corrected chi connectivity index (χ0v) is 10.5. The maximum Gasteiger partial charge on any atom is 0.316 e. The van der Waals surface area contributed by atoms with Gasteiger partial charge in [-0.15, -0.1) is 0 Å². The van der Waals surface area contributed by atoms with Crippen molar-refractivity contribution in [2.45, 2.75) is 6.92 Å². The largest absolute Gasteiger partial charge is 0.497 e. The maximum absolute atomic E-state index is 11.1. The molecule has 2 aromatic rings. The monoisotopic (exact) mass is 260 g/mol. The quantitative estimate of drug-likeness (QED) is 0.668. The van der Waals surface area contributed by atoms with Crippen LogP contribution in [0.25, 0.3) is 11.3 Å². The second kappa shape index (κ2) is 4.89. The summed E-state index contributed by atoms with van der Waals surface area (Å²) in [6.45, 7) is 1.53. The normalized spacial score (nSPS) is 10.2. The fraction of sp³-hybridized carbons (Fsp3) is 0.167. The van der Waals surface area contributed by atoms with Crippen LogP contribution in [0.3, 0.4) is 0 Å². The highest BCUT2D eigenvalue weighted by molar-refractivity contribution is 5.72. The van der Waals surface area contributed by atoms with Crippen LogP contribution in [-0.4, -0.2) is 22.0 Å². The van der Waals surface area contributed by atoms with Crippen LogP contribution in [0.1, 0.15) is 5.69 Å². The third kappa shape index (κ3) is 2.44. The van der Waals surface area contributed by atoms with Crippen molar-refractivity contribution in [2.24, 2.45) is 0 Å². The van der Waals surface area contributed by atoms with Gasteiger partial charge >= 0.3 is 5.69 Å². The van der Waals surface area contributed by atoms with Crippen LogP contribution in [0.2, 0.25) is 0 Å². The van der Waals surface area contributed by atoms with Crippen molar-refractivity contribution in [2.75, 3.05) is 12.8 Å². The first-order valence-corrected chi connectivity index (χ1v) is 5.46. The number of ether oxygens (including phenoxy) is 1. The predicted octanol–water partition coefficient (Wildman–Crippen LogP) is 1.95. The number of aryl methyl sites for hydroxylation is 1. The minimum atomic E-state index is -0.506. The molecule has 2 rings (SSSR count). The molecular formula is C12H12N4O3. The molecule has 0 fully saturated rings. The summed E-state index contributed by atoms with van der Waals surface area (Å²) in [7, 11) is 1.55. The summed E-state index contributed by atoms with van der Waals surface area (Å²) >= 11 is 0. The van der Waals surface area contributed by atoms with Crippen LogP contribution in [0.4, 0.5) is 11.6 Å².